The third-order valence-electron chi connectivity index (χ3n) is 2.27. The summed E-state index contributed by atoms with van der Waals surface area (Å²) in [6.07, 6.45) is 4.07. The molecule has 2 heteroatoms. The van der Waals surface area contributed by atoms with Crippen LogP contribution in [0.1, 0.15) is 5.56 Å². The maximum Gasteiger partial charge on any atom is 0.119 e. The maximum atomic E-state index is 5.58. The van der Waals surface area contributed by atoms with Crippen LogP contribution in [0.4, 0.5) is 0 Å². The Hall–Kier alpha value is -1.54. The van der Waals surface area contributed by atoms with E-state index in [0.717, 1.165) is 10.2 Å². The van der Waals surface area contributed by atoms with Gasteiger partial charge in [0.05, 0.1) is 0 Å². The summed E-state index contributed by atoms with van der Waals surface area (Å²) in [5.74, 6) is 0.880. The predicted octanol–water partition coefficient (Wildman–Crippen LogP) is 4.54. The molecule has 0 N–H and O–H groups in total. The molecule has 0 aliphatic rings. The van der Waals surface area contributed by atoms with Crippen molar-refractivity contribution in [2.45, 2.75) is 0 Å². The van der Waals surface area contributed by atoms with Crippen molar-refractivity contribution in [3.8, 4) is 5.75 Å². The fraction of sp³-hybridized carbons (Fsp3) is 0.0667. The lowest BCUT2D eigenvalue weighted by Gasteiger charge is -2.02. The van der Waals surface area contributed by atoms with Gasteiger partial charge in [-0.15, -0.1) is 0 Å². The number of hydrogen-bond donors (Lipinski definition) is 0. The maximum absolute atomic E-state index is 5.58. The second-order valence-electron chi connectivity index (χ2n) is 3.58. The van der Waals surface area contributed by atoms with Gasteiger partial charge in [0.1, 0.15) is 12.4 Å². The Morgan fingerprint density at radius 1 is 0.941 bits per heavy atom. The van der Waals surface area contributed by atoms with Crippen LogP contribution >= 0.6 is 15.9 Å². The second kappa shape index (κ2) is 6.26. The number of hydrogen-bond acceptors (Lipinski definition) is 1. The average Bonchev–Trinajstić information content (AvgIpc) is 2.38. The van der Waals surface area contributed by atoms with Gasteiger partial charge in [-0.05, 0) is 35.9 Å². The Bertz CT molecular complexity index is 474. The average molecular weight is 289 g/mol. The molecule has 1 nitrogen and oxygen atoms in total. The molecule has 0 heterocycles. The zero-order chi connectivity index (χ0) is 11.9. The van der Waals surface area contributed by atoms with E-state index in [4.69, 9.17) is 4.74 Å². The van der Waals surface area contributed by atoms with Crippen molar-refractivity contribution in [3.63, 3.8) is 0 Å². The van der Waals surface area contributed by atoms with E-state index in [9.17, 15) is 0 Å². The summed E-state index contributed by atoms with van der Waals surface area (Å²) in [6, 6.07) is 18.0. The molecule has 17 heavy (non-hydrogen) atoms. The van der Waals surface area contributed by atoms with Crippen molar-refractivity contribution in [2.75, 3.05) is 6.61 Å². The van der Waals surface area contributed by atoms with Crippen molar-refractivity contribution in [2.24, 2.45) is 0 Å². The minimum Gasteiger partial charge on any atom is -0.490 e. The van der Waals surface area contributed by atoms with Crippen LogP contribution in [0.25, 0.3) is 6.08 Å². The van der Waals surface area contributed by atoms with Crippen molar-refractivity contribution in [1.82, 2.24) is 0 Å². The van der Waals surface area contributed by atoms with Crippen LogP contribution in [-0.4, -0.2) is 6.61 Å². The molecule has 0 saturated carbocycles. The van der Waals surface area contributed by atoms with Crippen LogP contribution < -0.4 is 4.74 Å². The van der Waals surface area contributed by atoms with Gasteiger partial charge in [-0.25, -0.2) is 0 Å². The van der Waals surface area contributed by atoms with Crippen molar-refractivity contribution >= 4 is 22.0 Å². The van der Waals surface area contributed by atoms with Gasteiger partial charge in [0, 0.05) is 4.47 Å². The molecule has 0 aliphatic heterocycles. The number of halogens is 1. The minimum absolute atomic E-state index is 0.580. The van der Waals surface area contributed by atoms with E-state index in [1.54, 1.807) is 0 Å². The van der Waals surface area contributed by atoms with E-state index in [0.29, 0.717) is 6.61 Å². The summed E-state index contributed by atoms with van der Waals surface area (Å²) in [4.78, 5) is 0. The second-order valence-corrected chi connectivity index (χ2v) is 4.49. The van der Waals surface area contributed by atoms with Gasteiger partial charge in [-0.2, -0.15) is 0 Å². The van der Waals surface area contributed by atoms with Crippen LogP contribution in [0, 0.1) is 0 Å². The third-order valence-corrected chi connectivity index (χ3v) is 2.80. The van der Waals surface area contributed by atoms with Gasteiger partial charge >= 0.3 is 0 Å². The Morgan fingerprint density at radius 2 is 1.65 bits per heavy atom. The SMILES string of the molecule is Brc1ccc(OCC=Cc2ccccc2)cc1. The minimum atomic E-state index is 0.580. The third kappa shape index (κ3) is 4.08. The highest BCUT2D eigenvalue weighted by molar-refractivity contribution is 9.10. The number of ether oxygens (including phenoxy) is 1. The largest absolute Gasteiger partial charge is 0.490 e. The van der Waals surface area contributed by atoms with Crippen LogP contribution in [0.2, 0.25) is 0 Å². The standard InChI is InChI=1S/C15H13BrO/c16-14-8-10-15(11-9-14)17-12-4-7-13-5-2-1-3-6-13/h1-11H,12H2. The molecular weight excluding hydrogens is 276 g/mol. The molecule has 0 bridgehead atoms. The zero-order valence-corrected chi connectivity index (χ0v) is 10.9. The molecule has 0 saturated heterocycles. The lowest BCUT2D eigenvalue weighted by molar-refractivity contribution is 0.363. The summed E-state index contributed by atoms with van der Waals surface area (Å²) >= 11 is 3.39. The lowest BCUT2D eigenvalue weighted by atomic mass is 10.2. The van der Waals surface area contributed by atoms with Crippen LogP contribution in [0.3, 0.4) is 0 Å². The number of rotatable bonds is 4. The van der Waals surface area contributed by atoms with Gasteiger partial charge < -0.3 is 4.74 Å². The normalized spacial score (nSPS) is 10.6. The van der Waals surface area contributed by atoms with Gasteiger partial charge in [-0.3, -0.25) is 0 Å². The first kappa shape index (κ1) is 11.9. The van der Waals surface area contributed by atoms with Gasteiger partial charge in [-0.1, -0.05) is 52.3 Å². The van der Waals surface area contributed by atoms with Crippen molar-refractivity contribution in [3.05, 3.63) is 70.7 Å². The van der Waals surface area contributed by atoms with E-state index in [1.807, 2.05) is 48.5 Å². The molecule has 0 aromatic heterocycles. The lowest BCUT2D eigenvalue weighted by Crippen LogP contribution is -1.92. The van der Waals surface area contributed by atoms with Gasteiger partial charge in [0.2, 0.25) is 0 Å². The van der Waals surface area contributed by atoms with Gasteiger partial charge in [0.25, 0.3) is 0 Å². The molecular formula is C15H13BrO. The van der Waals surface area contributed by atoms with E-state index < -0.39 is 0 Å². The summed E-state index contributed by atoms with van der Waals surface area (Å²) in [5, 5.41) is 0. The summed E-state index contributed by atoms with van der Waals surface area (Å²) in [7, 11) is 0. The van der Waals surface area contributed by atoms with Crippen LogP contribution in [-0.2, 0) is 0 Å². The van der Waals surface area contributed by atoms with E-state index >= 15 is 0 Å². The molecule has 2 aromatic carbocycles. The summed E-state index contributed by atoms with van der Waals surface area (Å²) < 4.78 is 6.63. The molecule has 0 aliphatic carbocycles. The predicted molar refractivity (Wildman–Crippen MR) is 75.1 cm³/mol. The summed E-state index contributed by atoms with van der Waals surface area (Å²) in [6.45, 7) is 0.580. The van der Waals surface area contributed by atoms with Gasteiger partial charge in [0.15, 0.2) is 0 Å². The molecule has 0 fully saturated rings. The highest BCUT2D eigenvalue weighted by Crippen LogP contribution is 2.16. The first-order valence-electron chi connectivity index (χ1n) is 5.44. The van der Waals surface area contributed by atoms with E-state index in [2.05, 4.69) is 34.1 Å². The fourth-order valence-electron chi connectivity index (χ4n) is 1.42. The topological polar surface area (TPSA) is 9.23 Å². The Balaban J connectivity index is 1.84. The first-order chi connectivity index (χ1) is 8.34. The molecule has 0 radical (unpaired) electrons. The number of benzene rings is 2. The molecule has 0 atom stereocenters. The Kier molecular flexibility index (Phi) is 4.39. The summed E-state index contributed by atoms with van der Waals surface area (Å²) in [5.41, 5.74) is 1.19. The molecule has 86 valence electrons. The Morgan fingerprint density at radius 3 is 2.35 bits per heavy atom. The van der Waals surface area contributed by atoms with Crippen molar-refractivity contribution in [1.29, 1.82) is 0 Å². The monoisotopic (exact) mass is 288 g/mol. The zero-order valence-electron chi connectivity index (χ0n) is 9.34. The highest BCUT2D eigenvalue weighted by atomic mass is 79.9. The highest BCUT2D eigenvalue weighted by Gasteiger charge is 1.91. The van der Waals surface area contributed by atoms with Crippen LogP contribution in [0.15, 0.2) is 65.1 Å². The van der Waals surface area contributed by atoms with E-state index in [-0.39, 0.29) is 0 Å². The molecule has 0 unspecified atom stereocenters. The fourth-order valence-corrected chi connectivity index (χ4v) is 1.69. The smallest absolute Gasteiger partial charge is 0.119 e. The molecule has 2 aromatic rings. The molecule has 2 rings (SSSR count). The molecule has 0 amide bonds. The van der Waals surface area contributed by atoms with E-state index in [1.165, 1.54) is 5.56 Å². The molecule has 0 spiro atoms. The van der Waals surface area contributed by atoms with Crippen molar-refractivity contribution < 1.29 is 4.74 Å². The van der Waals surface area contributed by atoms with Crippen LogP contribution in [0.5, 0.6) is 5.75 Å². The Labute approximate surface area is 110 Å². The first-order valence-corrected chi connectivity index (χ1v) is 6.24. The quantitative estimate of drug-likeness (QED) is 0.802.